The minimum atomic E-state index is -0.165. The minimum absolute atomic E-state index is 0.165. The van der Waals surface area contributed by atoms with E-state index in [0.717, 1.165) is 29.8 Å². The van der Waals surface area contributed by atoms with Crippen LogP contribution in [-0.2, 0) is 6.54 Å². The maximum Gasteiger partial charge on any atom is 0.270 e. The van der Waals surface area contributed by atoms with Crippen molar-refractivity contribution >= 4 is 11.9 Å². The molecule has 0 fully saturated rings. The number of benzene rings is 1. The van der Waals surface area contributed by atoms with Gasteiger partial charge in [-0.3, -0.25) is 4.79 Å². The number of rotatable bonds is 8. The van der Waals surface area contributed by atoms with Crippen molar-refractivity contribution in [2.24, 2.45) is 0 Å². The molecule has 2 aromatic rings. The molecule has 2 N–H and O–H groups in total. The van der Waals surface area contributed by atoms with E-state index >= 15 is 0 Å². The molecule has 0 aliphatic carbocycles. The molecule has 0 radical (unpaired) electrons. The van der Waals surface area contributed by atoms with Crippen LogP contribution in [-0.4, -0.2) is 29.5 Å². The summed E-state index contributed by atoms with van der Waals surface area (Å²) in [5.41, 5.74) is 2.22. The summed E-state index contributed by atoms with van der Waals surface area (Å²) in [6.45, 7) is 5.17. The lowest BCUT2D eigenvalue weighted by Crippen LogP contribution is -2.26. The normalized spacial score (nSPS) is 10.3. The van der Waals surface area contributed by atoms with Crippen LogP contribution in [0.15, 0.2) is 30.3 Å². The summed E-state index contributed by atoms with van der Waals surface area (Å²) in [6, 6.07) is 9.45. The summed E-state index contributed by atoms with van der Waals surface area (Å²) >= 11 is 0. The zero-order valence-corrected chi connectivity index (χ0v) is 14.4. The van der Waals surface area contributed by atoms with Gasteiger partial charge in [-0.15, -0.1) is 0 Å². The molecule has 0 aliphatic heterocycles. The van der Waals surface area contributed by atoms with E-state index in [2.05, 4.69) is 27.5 Å². The molecule has 1 aromatic carbocycles. The second kappa shape index (κ2) is 8.86. The van der Waals surface area contributed by atoms with Crippen molar-refractivity contribution in [3.63, 3.8) is 0 Å². The van der Waals surface area contributed by atoms with E-state index in [4.69, 9.17) is 4.74 Å². The summed E-state index contributed by atoms with van der Waals surface area (Å²) in [6.07, 6.45) is 2.00. The summed E-state index contributed by atoms with van der Waals surface area (Å²) in [5.74, 6) is 1.10. The molecule has 0 aliphatic rings. The van der Waals surface area contributed by atoms with Gasteiger partial charge in [-0.05, 0) is 37.1 Å². The number of aryl methyl sites for hydroxylation is 1. The highest BCUT2D eigenvalue weighted by Gasteiger charge is 2.10. The molecular formula is C18H24N4O2. The standard InChI is InChI=1S/C18H24N4O2/c1-4-5-10-19-17(23)16-11-13(2)21-18(22-16)20-12-14-6-8-15(24-3)9-7-14/h6-9,11H,4-5,10,12H2,1-3H3,(H,19,23)(H,20,21,22). The molecule has 128 valence electrons. The molecule has 1 amide bonds. The second-order valence-corrected chi connectivity index (χ2v) is 5.53. The fourth-order valence-electron chi connectivity index (χ4n) is 2.16. The summed E-state index contributed by atoms with van der Waals surface area (Å²) in [5, 5.41) is 6.03. The quantitative estimate of drug-likeness (QED) is 0.729. The van der Waals surface area contributed by atoms with E-state index in [9.17, 15) is 4.79 Å². The predicted molar refractivity (Wildman–Crippen MR) is 94.3 cm³/mol. The Bertz CT molecular complexity index is 671. The number of amides is 1. The third-order valence-corrected chi connectivity index (χ3v) is 3.51. The van der Waals surface area contributed by atoms with Gasteiger partial charge in [0.1, 0.15) is 11.4 Å². The Balaban J connectivity index is 2.00. The lowest BCUT2D eigenvalue weighted by atomic mass is 10.2. The highest BCUT2D eigenvalue weighted by Crippen LogP contribution is 2.12. The van der Waals surface area contributed by atoms with E-state index in [1.165, 1.54) is 0 Å². The van der Waals surface area contributed by atoms with Crippen LogP contribution in [0.5, 0.6) is 5.75 Å². The number of nitrogens with zero attached hydrogens (tertiary/aromatic N) is 2. The van der Waals surface area contributed by atoms with Gasteiger partial charge in [0, 0.05) is 18.8 Å². The molecule has 2 rings (SSSR count). The van der Waals surface area contributed by atoms with Crippen molar-refractivity contribution < 1.29 is 9.53 Å². The predicted octanol–water partition coefficient (Wildman–Crippen LogP) is 2.94. The van der Waals surface area contributed by atoms with E-state index in [1.807, 2.05) is 31.2 Å². The SMILES string of the molecule is CCCCNC(=O)c1cc(C)nc(NCc2ccc(OC)cc2)n1. The van der Waals surface area contributed by atoms with Crippen molar-refractivity contribution in [1.82, 2.24) is 15.3 Å². The Kier molecular flexibility index (Phi) is 6.54. The fourth-order valence-corrected chi connectivity index (χ4v) is 2.16. The van der Waals surface area contributed by atoms with Gasteiger partial charge in [-0.1, -0.05) is 25.5 Å². The largest absolute Gasteiger partial charge is 0.497 e. The lowest BCUT2D eigenvalue weighted by Gasteiger charge is -2.09. The Morgan fingerprint density at radius 1 is 1.21 bits per heavy atom. The minimum Gasteiger partial charge on any atom is -0.497 e. The molecule has 6 nitrogen and oxygen atoms in total. The Morgan fingerprint density at radius 3 is 2.62 bits per heavy atom. The van der Waals surface area contributed by atoms with Crippen LogP contribution in [0.4, 0.5) is 5.95 Å². The number of nitrogens with one attached hydrogen (secondary N) is 2. The van der Waals surface area contributed by atoms with Crippen molar-refractivity contribution in [2.45, 2.75) is 33.2 Å². The average molecular weight is 328 g/mol. The summed E-state index contributed by atoms with van der Waals surface area (Å²) < 4.78 is 5.14. The zero-order valence-electron chi connectivity index (χ0n) is 14.4. The number of aromatic nitrogens is 2. The maximum atomic E-state index is 12.1. The van der Waals surface area contributed by atoms with Gasteiger partial charge in [-0.25, -0.2) is 9.97 Å². The summed E-state index contributed by atoms with van der Waals surface area (Å²) in [7, 11) is 1.64. The molecule has 0 saturated carbocycles. The van der Waals surface area contributed by atoms with Gasteiger partial charge in [-0.2, -0.15) is 0 Å². The van der Waals surface area contributed by atoms with Gasteiger partial charge in [0.2, 0.25) is 5.95 Å². The molecule has 0 spiro atoms. The van der Waals surface area contributed by atoms with Crippen molar-refractivity contribution in [3.05, 3.63) is 47.3 Å². The molecular weight excluding hydrogens is 304 g/mol. The molecule has 1 heterocycles. The topological polar surface area (TPSA) is 76.1 Å². The number of carbonyl (C=O) groups is 1. The third-order valence-electron chi connectivity index (χ3n) is 3.51. The smallest absolute Gasteiger partial charge is 0.270 e. The lowest BCUT2D eigenvalue weighted by molar-refractivity contribution is 0.0948. The first kappa shape index (κ1) is 17.7. The molecule has 1 aromatic heterocycles. The van der Waals surface area contributed by atoms with Gasteiger partial charge in [0.05, 0.1) is 7.11 Å². The van der Waals surface area contributed by atoms with E-state index < -0.39 is 0 Å². The second-order valence-electron chi connectivity index (χ2n) is 5.53. The van der Waals surface area contributed by atoms with E-state index in [1.54, 1.807) is 13.2 Å². The Hall–Kier alpha value is -2.63. The van der Waals surface area contributed by atoms with Crippen molar-refractivity contribution in [3.8, 4) is 5.75 Å². The van der Waals surface area contributed by atoms with E-state index in [-0.39, 0.29) is 5.91 Å². The van der Waals surface area contributed by atoms with Crippen LogP contribution < -0.4 is 15.4 Å². The number of unbranched alkanes of at least 4 members (excludes halogenated alkanes) is 1. The van der Waals surface area contributed by atoms with Crippen LogP contribution in [0.3, 0.4) is 0 Å². The molecule has 0 saturated heterocycles. The van der Waals surface area contributed by atoms with Gasteiger partial charge >= 0.3 is 0 Å². The Labute approximate surface area is 142 Å². The molecule has 6 heteroatoms. The number of ether oxygens (including phenoxy) is 1. The maximum absolute atomic E-state index is 12.1. The van der Waals surface area contributed by atoms with E-state index in [0.29, 0.717) is 24.7 Å². The van der Waals surface area contributed by atoms with Crippen LogP contribution in [0.2, 0.25) is 0 Å². The van der Waals surface area contributed by atoms with Gasteiger partial charge < -0.3 is 15.4 Å². The average Bonchev–Trinajstić information content (AvgIpc) is 2.60. The number of methoxy groups -OCH3 is 1. The zero-order chi connectivity index (χ0) is 17.4. The molecule has 24 heavy (non-hydrogen) atoms. The number of hydrogen-bond donors (Lipinski definition) is 2. The third kappa shape index (κ3) is 5.22. The first-order valence-electron chi connectivity index (χ1n) is 8.13. The molecule has 0 bridgehead atoms. The fraction of sp³-hybridized carbons (Fsp3) is 0.389. The highest BCUT2D eigenvalue weighted by molar-refractivity contribution is 5.92. The highest BCUT2D eigenvalue weighted by atomic mass is 16.5. The first-order valence-corrected chi connectivity index (χ1v) is 8.13. The number of hydrogen-bond acceptors (Lipinski definition) is 5. The molecule has 0 atom stereocenters. The Morgan fingerprint density at radius 2 is 1.96 bits per heavy atom. The van der Waals surface area contributed by atoms with Gasteiger partial charge in [0.15, 0.2) is 0 Å². The molecule has 0 unspecified atom stereocenters. The van der Waals surface area contributed by atoms with Crippen molar-refractivity contribution in [1.29, 1.82) is 0 Å². The first-order chi connectivity index (χ1) is 11.6. The summed E-state index contributed by atoms with van der Waals surface area (Å²) in [4.78, 5) is 20.8. The number of anilines is 1. The van der Waals surface area contributed by atoms with Crippen molar-refractivity contribution in [2.75, 3.05) is 19.0 Å². The monoisotopic (exact) mass is 328 g/mol. The van der Waals surface area contributed by atoms with Crippen LogP contribution in [0.1, 0.15) is 41.5 Å². The van der Waals surface area contributed by atoms with Crippen LogP contribution in [0, 0.1) is 6.92 Å². The van der Waals surface area contributed by atoms with Gasteiger partial charge in [0.25, 0.3) is 5.91 Å². The number of carbonyl (C=O) groups excluding carboxylic acids is 1. The van der Waals surface area contributed by atoms with Crippen LogP contribution >= 0.6 is 0 Å². The van der Waals surface area contributed by atoms with Crippen LogP contribution in [0.25, 0.3) is 0 Å².